The second kappa shape index (κ2) is 3.28. The van der Waals surface area contributed by atoms with Gasteiger partial charge in [0.05, 0.1) is 5.97 Å². The molecule has 0 saturated heterocycles. The highest BCUT2D eigenvalue weighted by molar-refractivity contribution is 5.84. The fourth-order valence-electron chi connectivity index (χ4n) is 0.439. The molecule has 0 bridgehead atoms. The van der Waals surface area contributed by atoms with Crippen LogP contribution in [0.4, 0.5) is 0 Å². The van der Waals surface area contributed by atoms with Crippen LogP contribution in [0.25, 0.3) is 0 Å². The van der Waals surface area contributed by atoms with Crippen molar-refractivity contribution in [1.82, 2.24) is 0 Å². The molecule has 0 radical (unpaired) electrons. The summed E-state index contributed by atoms with van der Waals surface area (Å²) < 4.78 is 0. The highest BCUT2D eigenvalue weighted by Gasteiger charge is 1.92. The molecule has 0 amide bonds. The monoisotopic (exact) mass is 127 g/mol. The number of hydrogen-bond acceptors (Lipinski definition) is 2. The first-order valence-corrected chi connectivity index (χ1v) is 2.97. The van der Waals surface area contributed by atoms with Crippen molar-refractivity contribution in [2.24, 2.45) is 0 Å². The van der Waals surface area contributed by atoms with Gasteiger partial charge in [0.25, 0.3) is 0 Å². The number of carboxylic acids is 1. The molecular weight excluding hydrogens is 116 g/mol. The zero-order valence-corrected chi connectivity index (χ0v) is 6.02. The maximum Gasteiger partial charge on any atom is 0.0671 e. The van der Waals surface area contributed by atoms with Crippen molar-refractivity contribution in [3.63, 3.8) is 0 Å². The van der Waals surface area contributed by atoms with E-state index in [9.17, 15) is 9.90 Å². The predicted molar refractivity (Wildman–Crippen MR) is 33.7 cm³/mol. The number of allylic oxidation sites excluding steroid dienone is 1. The third-order valence-corrected chi connectivity index (χ3v) is 1.48. The molecule has 0 aliphatic rings. The molecule has 0 aromatic rings. The Balaban J connectivity index is 4.28. The van der Waals surface area contributed by atoms with Gasteiger partial charge in [-0.2, -0.15) is 0 Å². The summed E-state index contributed by atoms with van der Waals surface area (Å²) in [6.45, 7) is 5.28. The number of carbonyl (C=O) groups is 1. The minimum atomic E-state index is -1.06. The zero-order chi connectivity index (χ0) is 7.44. The van der Waals surface area contributed by atoms with E-state index in [-0.39, 0.29) is 0 Å². The van der Waals surface area contributed by atoms with E-state index in [1.807, 2.05) is 6.92 Å². The third-order valence-electron chi connectivity index (χ3n) is 1.48. The van der Waals surface area contributed by atoms with Gasteiger partial charge in [0.15, 0.2) is 0 Å². The van der Waals surface area contributed by atoms with Crippen LogP contribution in [0.3, 0.4) is 0 Å². The van der Waals surface area contributed by atoms with Gasteiger partial charge in [0.1, 0.15) is 0 Å². The lowest BCUT2D eigenvalue weighted by Crippen LogP contribution is -2.23. The van der Waals surface area contributed by atoms with Gasteiger partial charge < -0.3 is 9.90 Å². The average molecular weight is 127 g/mol. The van der Waals surface area contributed by atoms with E-state index in [4.69, 9.17) is 0 Å². The molecule has 0 aliphatic heterocycles. The minimum Gasteiger partial charge on any atom is -0.545 e. The molecule has 0 atom stereocenters. The van der Waals surface area contributed by atoms with Crippen LogP contribution in [-0.4, -0.2) is 5.97 Å². The Bertz CT molecular complexity index is 145. The molecule has 52 valence electrons. The summed E-state index contributed by atoms with van der Waals surface area (Å²) in [5.41, 5.74) is 1.24. The first-order chi connectivity index (χ1) is 4.09. The maximum atomic E-state index is 10.1. The van der Waals surface area contributed by atoms with Crippen molar-refractivity contribution in [1.29, 1.82) is 0 Å². The van der Waals surface area contributed by atoms with Gasteiger partial charge in [0.2, 0.25) is 0 Å². The highest BCUT2D eigenvalue weighted by atomic mass is 16.4. The van der Waals surface area contributed by atoms with Crippen LogP contribution < -0.4 is 5.11 Å². The molecule has 2 heteroatoms. The largest absolute Gasteiger partial charge is 0.545 e. The van der Waals surface area contributed by atoms with E-state index >= 15 is 0 Å². The van der Waals surface area contributed by atoms with Crippen molar-refractivity contribution in [2.75, 3.05) is 0 Å². The molecule has 0 unspecified atom stereocenters. The third kappa shape index (κ3) is 2.31. The lowest BCUT2D eigenvalue weighted by atomic mass is 10.1. The molecule has 0 saturated carbocycles. The molecule has 0 fully saturated rings. The van der Waals surface area contributed by atoms with Crippen molar-refractivity contribution in [3.8, 4) is 0 Å². The van der Waals surface area contributed by atoms with Crippen LogP contribution in [0.2, 0.25) is 0 Å². The topological polar surface area (TPSA) is 40.1 Å². The number of aliphatic carboxylic acids is 1. The number of hydrogen-bond donors (Lipinski definition) is 0. The van der Waals surface area contributed by atoms with Gasteiger partial charge in [0, 0.05) is 0 Å². The molecule has 9 heavy (non-hydrogen) atoms. The second-order valence-corrected chi connectivity index (χ2v) is 2.05. The number of rotatable bonds is 2. The van der Waals surface area contributed by atoms with E-state index < -0.39 is 5.97 Å². The van der Waals surface area contributed by atoms with Gasteiger partial charge in [-0.3, -0.25) is 0 Å². The standard InChI is InChI=1S/C7H12O2/c1-4-5(2)6(3)7(8)9/h4H2,1-3H3,(H,8,9)/p-1/b6-5+. The van der Waals surface area contributed by atoms with E-state index in [1.54, 1.807) is 13.8 Å². The Labute approximate surface area is 55.2 Å². The van der Waals surface area contributed by atoms with Gasteiger partial charge in [-0.25, -0.2) is 0 Å². The molecule has 0 N–H and O–H groups in total. The molecule has 0 heterocycles. The fraction of sp³-hybridized carbons (Fsp3) is 0.571. The van der Waals surface area contributed by atoms with Gasteiger partial charge in [-0.1, -0.05) is 12.5 Å². The van der Waals surface area contributed by atoms with Crippen molar-refractivity contribution in [3.05, 3.63) is 11.1 Å². The average Bonchev–Trinajstić information content (AvgIpc) is 1.84. The van der Waals surface area contributed by atoms with Crippen LogP contribution in [0.5, 0.6) is 0 Å². The van der Waals surface area contributed by atoms with E-state index in [1.165, 1.54) is 0 Å². The first kappa shape index (κ1) is 8.21. The summed E-state index contributed by atoms with van der Waals surface area (Å²) in [7, 11) is 0. The van der Waals surface area contributed by atoms with Crippen molar-refractivity contribution >= 4 is 5.97 Å². The van der Waals surface area contributed by atoms with E-state index in [2.05, 4.69) is 0 Å². The summed E-state index contributed by atoms with van der Waals surface area (Å²) >= 11 is 0. The Morgan fingerprint density at radius 2 is 1.89 bits per heavy atom. The predicted octanol–water partition coefficient (Wildman–Crippen LogP) is 0.483. The molecule has 0 aromatic carbocycles. The lowest BCUT2D eigenvalue weighted by molar-refractivity contribution is -0.299. The van der Waals surface area contributed by atoms with Crippen LogP contribution in [0.1, 0.15) is 27.2 Å². The van der Waals surface area contributed by atoms with Crippen molar-refractivity contribution in [2.45, 2.75) is 27.2 Å². The fourth-order valence-corrected chi connectivity index (χ4v) is 0.439. The Morgan fingerprint density at radius 3 is 2.00 bits per heavy atom. The summed E-state index contributed by atoms with van der Waals surface area (Å²) in [6, 6.07) is 0. The molecule has 0 rings (SSSR count). The normalized spacial score (nSPS) is 12.8. The summed E-state index contributed by atoms with van der Waals surface area (Å²) in [4.78, 5) is 10.1. The van der Waals surface area contributed by atoms with Crippen LogP contribution in [0, 0.1) is 0 Å². The highest BCUT2D eigenvalue weighted by Crippen LogP contribution is 2.04. The Hall–Kier alpha value is -0.790. The van der Waals surface area contributed by atoms with Crippen LogP contribution in [-0.2, 0) is 4.79 Å². The smallest absolute Gasteiger partial charge is 0.0671 e. The number of carbonyl (C=O) groups excluding carboxylic acids is 1. The summed E-state index contributed by atoms with van der Waals surface area (Å²) in [6.07, 6.45) is 0.778. The molecule has 0 aromatic heterocycles. The number of carboxylic acid groups (broad SMARTS) is 1. The molecular formula is C7H11O2-. The van der Waals surface area contributed by atoms with Crippen molar-refractivity contribution < 1.29 is 9.90 Å². The minimum absolute atomic E-state index is 0.359. The molecule has 0 aliphatic carbocycles. The summed E-state index contributed by atoms with van der Waals surface area (Å²) in [5, 5.41) is 10.1. The van der Waals surface area contributed by atoms with E-state index in [0.717, 1.165) is 12.0 Å². The first-order valence-electron chi connectivity index (χ1n) is 2.97. The lowest BCUT2D eigenvalue weighted by Gasteiger charge is -2.04. The quantitative estimate of drug-likeness (QED) is 0.506. The molecule has 0 spiro atoms. The second-order valence-electron chi connectivity index (χ2n) is 2.05. The van der Waals surface area contributed by atoms with E-state index in [0.29, 0.717) is 5.57 Å². The maximum absolute atomic E-state index is 10.1. The Kier molecular flexibility index (Phi) is 2.99. The zero-order valence-electron chi connectivity index (χ0n) is 6.02. The van der Waals surface area contributed by atoms with Gasteiger partial charge in [-0.15, -0.1) is 0 Å². The Morgan fingerprint density at radius 1 is 1.44 bits per heavy atom. The van der Waals surface area contributed by atoms with Crippen LogP contribution in [0.15, 0.2) is 11.1 Å². The van der Waals surface area contributed by atoms with Gasteiger partial charge in [-0.05, 0) is 25.8 Å². The van der Waals surface area contributed by atoms with Crippen LogP contribution >= 0.6 is 0 Å². The van der Waals surface area contributed by atoms with Gasteiger partial charge >= 0.3 is 0 Å². The summed E-state index contributed by atoms with van der Waals surface area (Å²) in [5.74, 6) is -1.06. The molecule has 2 nitrogen and oxygen atoms in total. The SMILES string of the molecule is CC/C(C)=C(\C)C(=O)[O-].